The highest BCUT2D eigenvalue weighted by Gasteiger charge is 2.32. The van der Waals surface area contributed by atoms with Crippen molar-refractivity contribution in [1.82, 2.24) is 4.98 Å². The van der Waals surface area contributed by atoms with Crippen molar-refractivity contribution < 1.29 is 32.1 Å². The number of benzene rings is 2. The molecule has 3 aromatic rings. The molecule has 0 bridgehead atoms. The van der Waals surface area contributed by atoms with E-state index < -0.39 is 15.1 Å². The van der Waals surface area contributed by atoms with E-state index in [4.69, 9.17) is 28.7 Å². The van der Waals surface area contributed by atoms with Crippen LogP contribution in [0.15, 0.2) is 40.6 Å². The Morgan fingerprint density at radius 2 is 1.49 bits per heavy atom. The van der Waals surface area contributed by atoms with Crippen molar-refractivity contribution in [3.63, 3.8) is 0 Å². The second-order valence-electron chi connectivity index (χ2n) is 8.58. The standard InChI is InChI=1S/C26H32N2O7S2/c1-31-21-7-6-20(15-22(21)32-2)37(29,30)19-8-10-28(11-9-19)26-27-18(16-36-26)12-17-13-23(33-3)25(35-5)24(14-17)34-4/h6-7,13-16,19H,8-12H2,1-5H3. The first kappa shape index (κ1) is 26.9. The predicted molar refractivity (Wildman–Crippen MR) is 143 cm³/mol. The fourth-order valence-electron chi connectivity index (χ4n) is 4.51. The van der Waals surface area contributed by atoms with E-state index in [1.165, 1.54) is 20.3 Å². The van der Waals surface area contributed by atoms with E-state index in [0.717, 1.165) is 16.4 Å². The molecular formula is C26H32N2O7S2. The predicted octanol–water partition coefficient (Wildman–Crippen LogP) is 4.22. The first-order valence-corrected chi connectivity index (χ1v) is 14.2. The lowest BCUT2D eigenvalue weighted by Gasteiger charge is -2.31. The number of ether oxygens (including phenoxy) is 5. The number of rotatable bonds is 10. The Morgan fingerprint density at radius 3 is 2.05 bits per heavy atom. The first-order valence-electron chi connectivity index (χ1n) is 11.8. The van der Waals surface area contributed by atoms with Gasteiger partial charge in [-0.2, -0.15) is 0 Å². The van der Waals surface area contributed by atoms with Crippen LogP contribution in [0.4, 0.5) is 5.13 Å². The van der Waals surface area contributed by atoms with Crippen LogP contribution >= 0.6 is 11.3 Å². The van der Waals surface area contributed by atoms with Crippen LogP contribution in [0.3, 0.4) is 0 Å². The minimum Gasteiger partial charge on any atom is -0.493 e. The number of anilines is 1. The molecule has 11 heteroatoms. The number of methoxy groups -OCH3 is 5. The van der Waals surface area contributed by atoms with Gasteiger partial charge in [0.05, 0.1) is 51.4 Å². The van der Waals surface area contributed by atoms with Crippen LogP contribution in [0.2, 0.25) is 0 Å². The molecule has 0 N–H and O–H groups in total. The van der Waals surface area contributed by atoms with Gasteiger partial charge in [-0.05, 0) is 42.7 Å². The number of aromatic nitrogens is 1. The average Bonchev–Trinajstić information content (AvgIpc) is 3.40. The molecule has 4 rings (SSSR count). The van der Waals surface area contributed by atoms with Gasteiger partial charge in [-0.1, -0.05) is 0 Å². The van der Waals surface area contributed by atoms with Crippen molar-refractivity contribution >= 4 is 26.3 Å². The Bertz CT molecular complexity index is 1310. The monoisotopic (exact) mass is 548 g/mol. The molecule has 9 nitrogen and oxygen atoms in total. The fourth-order valence-corrected chi connectivity index (χ4v) is 7.14. The number of piperidine rings is 1. The molecule has 2 aromatic carbocycles. The molecule has 0 spiro atoms. The van der Waals surface area contributed by atoms with Gasteiger partial charge >= 0.3 is 0 Å². The summed E-state index contributed by atoms with van der Waals surface area (Å²) in [6, 6.07) is 8.60. The molecular weight excluding hydrogens is 516 g/mol. The third kappa shape index (κ3) is 5.57. The molecule has 0 aliphatic carbocycles. The summed E-state index contributed by atoms with van der Waals surface area (Å²) in [5.41, 5.74) is 1.92. The number of hydrogen-bond donors (Lipinski definition) is 0. The Hall–Kier alpha value is -3.18. The van der Waals surface area contributed by atoms with E-state index in [2.05, 4.69) is 4.90 Å². The molecule has 1 saturated heterocycles. The molecule has 2 heterocycles. The lowest BCUT2D eigenvalue weighted by atomic mass is 10.1. The maximum absolute atomic E-state index is 13.3. The number of hydrogen-bond acceptors (Lipinski definition) is 10. The van der Waals surface area contributed by atoms with Gasteiger partial charge in [-0.3, -0.25) is 0 Å². The van der Waals surface area contributed by atoms with Crippen LogP contribution in [0.1, 0.15) is 24.1 Å². The topological polar surface area (TPSA) is 96.4 Å². The van der Waals surface area contributed by atoms with Crippen molar-refractivity contribution in [3.05, 3.63) is 47.0 Å². The molecule has 1 aliphatic heterocycles. The molecule has 1 aromatic heterocycles. The summed E-state index contributed by atoms with van der Waals surface area (Å²) in [4.78, 5) is 7.23. The summed E-state index contributed by atoms with van der Waals surface area (Å²) in [5, 5.41) is 2.47. The summed E-state index contributed by atoms with van der Waals surface area (Å²) in [6.07, 6.45) is 1.66. The van der Waals surface area contributed by atoms with E-state index in [9.17, 15) is 8.42 Å². The number of sulfone groups is 1. The van der Waals surface area contributed by atoms with Gasteiger partial charge in [-0.25, -0.2) is 13.4 Å². The van der Waals surface area contributed by atoms with E-state index >= 15 is 0 Å². The third-order valence-electron chi connectivity index (χ3n) is 6.48. The first-order chi connectivity index (χ1) is 17.8. The second-order valence-corrected chi connectivity index (χ2v) is 11.6. The van der Waals surface area contributed by atoms with Crippen LogP contribution in [-0.2, 0) is 16.3 Å². The summed E-state index contributed by atoms with van der Waals surface area (Å²) in [6.45, 7) is 1.24. The Balaban J connectivity index is 1.43. The molecule has 200 valence electrons. The van der Waals surface area contributed by atoms with Gasteiger partial charge in [-0.15, -0.1) is 11.3 Å². The maximum Gasteiger partial charge on any atom is 0.203 e. The van der Waals surface area contributed by atoms with Crippen LogP contribution < -0.4 is 28.6 Å². The second kappa shape index (κ2) is 11.5. The minimum absolute atomic E-state index is 0.255. The van der Waals surface area contributed by atoms with E-state index in [0.29, 0.717) is 61.1 Å². The largest absolute Gasteiger partial charge is 0.493 e. The normalized spacial score (nSPS) is 14.4. The van der Waals surface area contributed by atoms with E-state index in [-0.39, 0.29) is 4.90 Å². The third-order valence-corrected chi connectivity index (χ3v) is 9.69. The van der Waals surface area contributed by atoms with Gasteiger partial charge in [0.25, 0.3) is 0 Å². The minimum atomic E-state index is -3.49. The Kier molecular flexibility index (Phi) is 8.33. The van der Waals surface area contributed by atoms with Gasteiger partial charge in [0.1, 0.15) is 0 Å². The molecule has 0 unspecified atom stereocenters. The van der Waals surface area contributed by atoms with E-state index in [1.807, 2.05) is 17.5 Å². The molecule has 1 fully saturated rings. The number of nitrogens with zero attached hydrogens (tertiary/aromatic N) is 2. The maximum atomic E-state index is 13.3. The fraction of sp³-hybridized carbons (Fsp3) is 0.423. The van der Waals surface area contributed by atoms with Gasteiger partial charge < -0.3 is 28.6 Å². The molecule has 0 saturated carbocycles. The van der Waals surface area contributed by atoms with Gasteiger partial charge in [0, 0.05) is 31.0 Å². The van der Waals surface area contributed by atoms with Crippen molar-refractivity contribution in [2.24, 2.45) is 0 Å². The van der Waals surface area contributed by atoms with Gasteiger partial charge in [0.15, 0.2) is 38.0 Å². The summed E-state index contributed by atoms with van der Waals surface area (Å²) in [7, 11) is 4.29. The Labute approximate surface area is 221 Å². The van der Waals surface area contributed by atoms with Crippen LogP contribution in [0.5, 0.6) is 28.7 Å². The van der Waals surface area contributed by atoms with Crippen molar-refractivity contribution in [1.29, 1.82) is 0 Å². The van der Waals surface area contributed by atoms with Crippen molar-refractivity contribution in [2.45, 2.75) is 29.4 Å². The van der Waals surface area contributed by atoms with Crippen LogP contribution in [0, 0.1) is 0 Å². The molecule has 0 amide bonds. The lowest BCUT2D eigenvalue weighted by Crippen LogP contribution is -2.39. The van der Waals surface area contributed by atoms with Crippen LogP contribution in [0.25, 0.3) is 0 Å². The lowest BCUT2D eigenvalue weighted by molar-refractivity contribution is 0.324. The zero-order chi connectivity index (χ0) is 26.6. The summed E-state index contributed by atoms with van der Waals surface area (Å²) < 4.78 is 53.4. The molecule has 0 atom stereocenters. The van der Waals surface area contributed by atoms with Crippen molar-refractivity contribution in [2.75, 3.05) is 53.5 Å². The smallest absolute Gasteiger partial charge is 0.203 e. The SMILES string of the molecule is COc1ccc(S(=O)(=O)C2CCN(c3nc(Cc4cc(OC)c(OC)c(OC)c4)cs3)CC2)cc1OC. The highest BCUT2D eigenvalue weighted by atomic mass is 32.2. The zero-order valence-electron chi connectivity index (χ0n) is 21.6. The zero-order valence-corrected chi connectivity index (χ0v) is 23.3. The summed E-state index contributed by atoms with van der Waals surface area (Å²) in [5.74, 6) is 2.67. The molecule has 1 aliphatic rings. The van der Waals surface area contributed by atoms with Gasteiger partial charge in [0.2, 0.25) is 5.75 Å². The average molecular weight is 549 g/mol. The Morgan fingerprint density at radius 1 is 0.865 bits per heavy atom. The highest BCUT2D eigenvalue weighted by Crippen LogP contribution is 2.39. The molecule has 37 heavy (non-hydrogen) atoms. The van der Waals surface area contributed by atoms with Crippen molar-refractivity contribution in [3.8, 4) is 28.7 Å². The number of thiazole rings is 1. The van der Waals surface area contributed by atoms with Crippen LogP contribution in [-0.4, -0.2) is 67.3 Å². The summed E-state index contributed by atoms with van der Waals surface area (Å²) >= 11 is 1.56. The highest BCUT2D eigenvalue weighted by molar-refractivity contribution is 7.92. The van der Waals surface area contributed by atoms with E-state index in [1.54, 1.807) is 44.8 Å². The quantitative estimate of drug-likeness (QED) is 0.369. The molecule has 0 radical (unpaired) electrons.